The molecule has 2 fully saturated rings. The maximum absolute atomic E-state index is 10.9. The Bertz CT molecular complexity index is 515. The molecule has 0 bridgehead atoms. The Labute approximate surface area is 125 Å². The monoisotopic (exact) mass is 286 g/mol. The lowest BCUT2D eigenvalue weighted by atomic mass is 10.0. The van der Waals surface area contributed by atoms with Crippen molar-refractivity contribution in [3.63, 3.8) is 0 Å². The van der Waals surface area contributed by atoms with Crippen molar-refractivity contribution in [3.05, 3.63) is 47.7 Å². The van der Waals surface area contributed by atoms with Gasteiger partial charge in [-0.1, -0.05) is 30.3 Å². The predicted molar refractivity (Wildman–Crippen MR) is 82.1 cm³/mol. The van der Waals surface area contributed by atoms with Crippen LogP contribution in [0.1, 0.15) is 18.4 Å². The minimum atomic E-state index is -0.801. The average molecular weight is 286 g/mol. The van der Waals surface area contributed by atoms with Crippen LogP contribution in [0.4, 0.5) is 4.79 Å². The molecule has 4 heteroatoms. The molecule has 112 valence electrons. The van der Waals surface area contributed by atoms with Gasteiger partial charge in [0, 0.05) is 26.2 Å². The van der Waals surface area contributed by atoms with E-state index in [9.17, 15) is 4.79 Å². The summed E-state index contributed by atoms with van der Waals surface area (Å²) in [4.78, 5) is 14.7. The molecule has 0 atom stereocenters. The van der Waals surface area contributed by atoms with E-state index in [1.807, 2.05) is 0 Å². The first-order chi connectivity index (χ1) is 10.2. The summed E-state index contributed by atoms with van der Waals surface area (Å²) < 4.78 is 0. The second-order valence-corrected chi connectivity index (χ2v) is 5.95. The largest absolute Gasteiger partial charge is 0.465 e. The summed E-state index contributed by atoms with van der Waals surface area (Å²) in [6.07, 6.45) is 5.11. The normalized spacial score (nSPS) is 19.7. The van der Waals surface area contributed by atoms with Gasteiger partial charge in [0.2, 0.25) is 0 Å². The standard InChI is InChI=1S/C17H22N2O2/c20-17(21)19-10-8-18(9-11-19)13-16(15-6-7-15)12-14-4-2-1-3-5-14/h1-5,13,15H,6-12H2,(H,20,21). The van der Waals surface area contributed by atoms with E-state index in [0.717, 1.165) is 25.4 Å². The number of amides is 1. The van der Waals surface area contributed by atoms with Crippen LogP contribution in [0.3, 0.4) is 0 Å². The Balaban J connectivity index is 1.63. The van der Waals surface area contributed by atoms with E-state index in [2.05, 4.69) is 41.4 Å². The van der Waals surface area contributed by atoms with Gasteiger partial charge in [0.25, 0.3) is 0 Å². The highest BCUT2D eigenvalue weighted by atomic mass is 16.4. The lowest BCUT2D eigenvalue weighted by Crippen LogP contribution is -2.46. The first-order valence-electron chi connectivity index (χ1n) is 7.69. The van der Waals surface area contributed by atoms with Crippen LogP contribution >= 0.6 is 0 Å². The SMILES string of the molecule is O=C(O)N1CCN(C=C(Cc2ccccc2)C2CC2)CC1. The second-order valence-electron chi connectivity index (χ2n) is 5.95. The highest BCUT2D eigenvalue weighted by Crippen LogP contribution is 2.38. The molecule has 1 heterocycles. The summed E-state index contributed by atoms with van der Waals surface area (Å²) in [5, 5.41) is 8.99. The number of allylic oxidation sites excluding steroid dienone is 1. The van der Waals surface area contributed by atoms with Gasteiger partial charge in [-0.25, -0.2) is 4.79 Å². The quantitative estimate of drug-likeness (QED) is 0.925. The first kappa shape index (κ1) is 14.0. The van der Waals surface area contributed by atoms with Crippen LogP contribution in [0.2, 0.25) is 0 Å². The number of carbonyl (C=O) groups is 1. The van der Waals surface area contributed by atoms with E-state index in [4.69, 9.17) is 5.11 Å². The van der Waals surface area contributed by atoms with E-state index in [1.54, 1.807) is 0 Å². The third kappa shape index (κ3) is 3.78. The summed E-state index contributed by atoms with van der Waals surface area (Å²) in [5.74, 6) is 0.739. The number of rotatable bonds is 4. The fourth-order valence-electron chi connectivity index (χ4n) is 2.86. The van der Waals surface area contributed by atoms with Gasteiger partial charge in [-0.2, -0.15) is 0 Å². The van der Waals surface area contributed by atoms with Gasteiger partial charge in [-0.3, -0.25) is 0 Å². The number of carboxylic acid groups (broad SMARTS) is 1. The first-order valence-corrected chi connectivity index (χ1v) is 7.69. The fourth-order valence-corrected chi connectivity index (χ4v) is 2.86. The van der Waals surface area contributed by atoms with Crippen molar-refractivity contribution in [2.24, 2.45) is 5.92 Å². The molecule has 1 aromatic carbocycles. The zero-order valence-corrected chi connectivity index (χ0v) is 12.2. The van der Waals surface area contributed by atoms with E-state index in [0.29, 0.717) is 13.1 Å². The van der Waals surface area contributed by atoms with Gasteiger partial charge in [0.15, 0.2) is 0 Å². The molecule has 0 aromatic heterocycles. The summed E-state index contributed by atoms with van der Waals surface area (Å²) in [6, 6.07) is 10.6. The smallest absolute Gasteiger partial charge is 0.407 e. The highest BCUT2D eigenvalue weighted by molar-refractivity contribution is 5.65. The second kappa shape index (κ2) is 6.20. The van der Waals surface area contributed by atoms with Gasteiger partial charge in [0.05, 0.1) is 0 Å². The van der Waals surface area contributed by atoms with E-state index < -0.39 is 6.09 Å². The molecular weight excluding hydrogens is 264 g/mol. The van der Waals surface area contributed by atoms with E-state index in [1.165, 1.54) is 28.9 Å². The van der Waals surface area contributed by atoms with Crippen LogP contribution in [-0.4, -0.2) is 47.2 Å². The molecule has 1 aromatic rings. The van der Waals surface area contributed by atoms with Gasteiger partial charge >= 0.3 is 6.09 Å². The lowest BCUT2D eigenvalue weighted by molar-refractivity contribution is 0.120. The van der Waals surface area contributed by atoms with Crippen LogP contribution in [-0.2, 0) is 6.42 Å². The van der Waals surface area contributed by atoms with Crippen molar-refractivity contribution >= 4 is 6.09 Å². The topological polar surface area (TPSA) is 43.8 Å². The van der Waals surface area contributed by atoms with Crippen LogP contribution < -0.4 is 0 Å². The van der Waals surface area contributed by atoms with Crippen molar-refractivity contribution in [2.75, 3.05) is 26.2 Å². The summed E-state index contributed by atoms with van der Waals surface area (Å²) in [6.45, 7) is 2.82. The van der Waals surface area contributed by atoms with Crippen LogP contribution in [0.25, 0.3) is 0 Å². The van der Waals surface area contributed by atoms with Crippen LogP contribution in [0, 0.1) is 5.92 Å². The van der Waals surface area contributed by atoms with Gasteiger partial charge in [0.1, 0.15) is 0 Å². The molecule has 1 amide bonds. The minimum absolute atomic E-state index is 0.606. The minimum Gasteiger partial charge on any atom is -0.465 e. The number of hydrogen-bond donors (Lipinski definition) is 1. The Kier molecular flexibility index (Phi) is 4.13. The van der Waals surface area contributed by atoms with Crippen LogP contribution in [0.5, 0.6) is 0 Å². The number of hydrogen-bond acceptors (Lipinski definition) is 2. The molecule has 1 aliphatic carbocycles. The molecule has 1 aliphatic heterocycles. The Morgan fingerprint density at radius 2 is 1.81 bits per heavy atom. The Morgan fingerprint density at radius 1 is 1.14 bits per heavy atom. The third-order valence-electron chi connectivity index (χ3n) is 4.29. The zero-order chi connectivity index (χ0) is 14.7. The number of piperazine rings is 1. The molecule has 0 radical (unpaired) electrons. The highest BCUT2D eigenvalue weighted by Gasteiger charge is 2.27. The van der Waals surface area contributed by atoms with Gasteiger partial charge < -0.3 is 14.9 Å². The molecule has 0 spiro atoms. The molecule has 2 aliphatic rings. The molecule has 4 nitrogen and oxygen atoms in total. The van der Waals surface area contributed by atoms with E-state index >= 15 is 0 Å². The zero-order valence-electron chi connectivity index (χ0n) is 12.2. The van der Waals surface area contributed by atoms with E-state index in [-0.39, 0.29) is 0 Å². The summed E-state index contributed by atoms with van der Waals surface area (Å²) in [5.41, 5.74) is 2.87. The van der Waals surface area contributed by atoms with Crippen molar-refractivity contribution in [2.45, 2.75) is 19.3 Å². The van der Waals surface area contributed by atoms with Gasteiger partial charge in [-0.05, 0) is 42.5 Å². The predicted octanol–water partition coefficient (Wildman–Crippen LogP) is 2.82. The summed E-state index contributed by atoms with van der Waals surface area (Å²) in [7, 11) is 0. The molecule has 0 unspecified atom stereocenters. The maximum Gasteiger partial charge on any atom is 0.407 e. The molecule has 3 rings (SSSR count). The average Bonchev–Trinajstić information content (AvgIpc) is 3.33. The third-order valence-corrected chi connectivity index (χ3v) is 4.29. The molecule has 21 heavy (non-hydrogen) atoms. The fraction of sp³-hybridized carbons (Fsp3) is 0.471. The van der Waals surface area contributed by atoms with Gasteiger partial charge in [-0.15, -0.1) is 0 Å². The lowest BCUT2D eigenvalue weighted by Gasteiger charge is -2.33. The van der Waals surface area contributed by atoms with Crippen molar-refractivity contribution in [1.82, 2.24) is 9.80 Å². The summed E-state index contributed by atoms with van der Waals surface area (Å²) >= 11 is 0. The number of benzene rings is 1. The maximum atomic E-state index is 10.9. The van der Waals surface area contributed by atoms with Crippen molar-refractivity contribution in [3.8, 4) is 0 Å². The Morgan fingerprint density at radius 3 is 2.38 bits per heavy atom. The molecular formula is C17H22N2O2. The van der Waals surface area contributed by atoms with Crippen molar-refractivity contribution < 1.29 is 9.90 Å². The van der Waals surface area contributed by atoms with Crippen molar-refractivity contribution in [1.29, 1.82) is 0 Å². The Hall–Kier alpha value is -1.97. The van der Waals surface area contributed by atoms with Crippen LogP contribution in [0.15, 0.2) is 42.1 Å². The number of nitrogens with zero attached hydrogens (tertiary/aromatic N) is 2. The molecule has 1 saturated carbocycles. The molecule has 1 saturated heterocycles. The molecule has 1 N–H and O–H groups in total.